The zero-order valence-corrected chi connectivity index (χ0v) is 9.34. The Hall–Kier alpha value is -1.46. The number of thiazole rings is 1. The summed E-state index contributed by atoms with van der Waals surface area (Å²) in [6, 6.07) is 4.72. The molecule has 0 aliphatic heterocycles. The molecular weight excluding hydrogens is 227 g/mol. The van der Waals surface area contributed by atoms with E-state index < -0.39 is 5.82 Å². The molecule has 0 atom stereocenters. The molecular formula is C11H11FN2OS. The SMILES string of the molecule is NCc1cccc(F)c1OCc1cscn1. The third kappa shape index (κ3) is 2.37. The summed E-state index contributed by atoms with van der Waals surface area (Å²) in [6.45, 7) is 0.515. The standard InChI is InChI=1S/C11H11FN2OS/c12-10-3-1-2-8(4-13)11(10)15-5-9-6-16-7-14-9/h1-3,6-7H,4-5,13H2. The van der Waals surface area contributed by atoms with Crippen LogP contribution in [0.25, 0.3) is 0 Å². The summed E-state index contributed by atoms with van der Waals surface area (Å²) >= 11 is 1.48. The highest BCUT2D eigenvalue weighted by atomic mass is 32.1. The van der Waals surface area contributed by atoms with Crippen molar-refractivity contribution in [3.05, 3.63) is 46.2 Å². The zero-order chi connectivity index (χ0) is 11.4. The highest BCUT2D eigenvalue weighted by Gasteiger charge is 2.09. The van der Waals surface area contributed by atoms with Gasteiger partial charge < -0.3 is 10.5 Å². The number of para-hydroxylation sites is 1. The molecule has 0 spiro atoms. The van der Waals surface area contributed by atoms with Crippen LogP contribution in [0.2, 0.25) is 0 Å². The van der Waals surface area contributed by atoms with Crippen LogP contribution in [-0.2, 0) is 13.2 Å². The van der Waals surface area contributed by atoms with Crippen LogP contribution in [0.15, 0.2) is 29.1 Å². The number of hydrogen-bond donors (Lipinski definition) is 1. The van der Waals surface area contributed by atoms with Gasteiger partial charge in [0.05, 0.1) is 11.2 Å². The van der Waals surface area contributed by atoms with Gasteiger partial charge in [-0.25, -0.2) is 9.37 Å². The monoisotopic (exact) mass is 238 g/mol. The number of aromatic nitrogens is 1. The average molecular weight is 238 g/mol. The van der Waals surface area contributed by atoms with Crippen LogP contribution in [0.3, 0.4) is 0 Å². The summed E-state index contributed by atoms with van der Waals surface area (Å²) in [5.74, 6) is -0.170. The summed E-state index contributed by atoms with van der Waals surface area (Å²) in [5.41, 5.74) is 8.67. The maximum atomic E-state index is 13.5. The summed E-state index contributed by atoms with van der Waals surface area (Å²) in [7, 11) is 0. The zero-order valence-electron chi connectivity index (χ0n) is 8.52. The van der Waals surface area contributed by atoms with Crippen molar-refractivity contribution in [2.75, 3.05) is 0 Å². The lowest BCUT2D eigenvalue weighted by Crippen LogP contribution is -2.04. The first-order chi connectivity index (χ1) is 7.81. The second-order valence-electron chi connectivity index (χ2n) is 3.20. The Labute approximate surface area is 96.7 Å². The Morgan fingerprint density at radius 1 is 1.44 bits per heavy atom. The molecule has 0 bridgehead atoms. The smallest absolute Gasteiger partial charge is 0.165 e. The quantitative estimate of drug-likeness (QED) is 0.889. The number of hydrogen-bond acceptors (Lipinski definition) is 4. The third-order valence-electron chi connectivity index (χ3n) is 2.12. The molecule has 1 heterocycles. The van der Waals surface area contributed by atoms with Gasteiger partial charge in [-0.2, -0.15) is 0 Å². The van der Waals surface area contributed by atoms with Crippen LogP contribution >= 0.6 is 11.3 Å². The Balaban J connectivity index is 2.14. The van der Waals surface area contributed by atoms with E-state index in [-0.39, 0.29) is 18.9 Å². The van der Waals surface area contributed by atoms with Gasteiger partial charge in [-0.05, 0) is 6.07 Å². The highest BCUT2D eigenvalue weighted by molar-refractivity contribution is 7.07. The number of benzene rings is 1. The molecule has 2 rings (SSSR count). The number of nitrogens with zero attached hydrogens (tertiary/aromatic N) is 1. The molecule has 0 fully saturated rings. The fourth-order valence-electron chi connectivity index (χ4n) is 1.33. The van der Waals surface area contributed by atoms with Crippen molar-refractivity contribution in [3.63, 3.8) is 0 Å². The van der Waals surface area contributed by atoms with Crippen molar-refractivity contribution < 1.29 is 9.13 Å². The van der Waals surface area contributed by atoms with E-state index >= 15 is 0 Å². The molecule has 16 heavy (non-hydrogen) atoms. The number of nitrogens with two attached hydrogens (primary N) is 1. The Morgan fingerprint density at radius 2 is 2.31 bits per heavy atom. The van der Waals surface area contributed by atoms with E-state index in [9.17, 15) is 4.39 Å². The summed E-state index contributed by atoms with van der Waals surface area (Å²) in [4.78, 5) is 4.06. The lowest BCUT2D eigenvalue weighted by Gasteiger charge is -2.09. The maximum Gasteiger partial charge on any atom is 0.165 e. The predicted molar refractivity (Wildman–Crippen MR) is 60.7 cm³/mol. The molecule has 84 valence electrons. The van der Waals surface area contributed by atoms with Gasteiger partial charge in [-0.3, -0.25) is 0 Å². The van der Waals surface area contributed by atoms with Crippen molar-refractivity contribution in [1.29, 1.82) is 0 Å². The number of ether oxygens (including phenoxy) is 1. The van der Waals surface area contributed by atoms with E-state index in [2.05, 4.69) is 4.98 Å². The summed E-state index contributed by atoms with van der Waals surface area (Å²) in [6.07, 6.45) is 0. The first-order valence-corrected chi connectivity index (χ1v) is 5.73. The second kappa shape index (κ2) is 5.05. The molecule has 1 aromatic heterocycles. The van der Waals surface area contributed by atoms with Crippen molar-refractivity contribution in [3.8, 4) is 5.75 Å². The third-order valence-corrected chi connectivity index (χ3v) is 2.75. The van der Waals surface area contributed by atoms with Crippen molar-refractivity contribution in [2.24, 2.45) is 5.73 Å². The van der Waals surface area contributed by atoms with Gasteiger partial charge in [0.25, 0.3) is 0 Å². The van der Waals surface area contributed by atoms with Gasteiger partial charge in [0.2, 0.25) is 0 Å². The van der Waals surface area contributed by atoms with Crippen LogP contribution in [0.4, 0.5) is 4.39 Å². The van der Waals surface area contributed by atoms with Gasteiger partial charge in [0, 0.05) is 17.5 Å². The number of rotatable bonds is 4. The topological polar surface area (TPSA) is 48.1 Å². The van der Waals surface area contributed by atoms with Crippen LogP contribution < -0.4 is 10.5 Å². The lowest BCUT2D eigenvalue weighted by atomic mass is 10.2. The summed E-state index contributed by atoms with van der Waals surface area (Å²) in [5, 5.41) is 1.86. The predicted octanol–water partition coefficient (Wildman–Crippen LogP) is 2.32. The van der Waals surface area contributed by atoms with Gasteiger partial charge in [-0.1, -0.05) is 12.1 Å². The van der Waals surface area contributed by atoms with E-state index in [0.29, 0.717) is 5.56 Å². The minimum atomic E-state index is -0.391. The van der Waals surface area contributed by atoms with E-state index in [1.54, 1.807) is 17.6 Å². The molecule has 0 saturated heterocycles. The second-order valence-corrected chi connectivity index (χ2v) is 3.92. The molecule has 0 unspecified atom stereocenters. The van der Waals surface area contributed by atoms with Crippen LogP contribution in [0, 0.1) is 5.82 Å². The van der Waals surface area contributed by atoms with E-state index in [4.69, 9.17) is 10.5 Å². The largest absolute Gasteiger partial charge is 0.484 e. The molecule has 0 amide bonds. The van der Waals surface area contributed by atoms with Gasteiger partial charge in [0.1, 0.15) is 6.61 Å². The first kappa shape index (κ1) is 11.0. The molecule has 2 N–H and O–H groups in total. The van der Waals surface area contributed by atoms with E-state index in [1.807, 2.05) is 5.38 Å². The molecule has 3 nitrogen and oxygen atoms in total. The van der Waals surface area contributed by atoms with Gasteiger partial charge >= 0.3 is 0 Å². The Morgan fingerprint density at radius 3 is 3.00 bits per heavy atom. The molecule has 5 heteroatoms. The van der Waals surface area contributed by atoms with E-state index in [1.165, 1.54) is 17.4 Å². The molecule has 0 radical (unpaired) electrons. The Kier molecular flexibility index (Phi) is 3.48. The normalized spacial score (nSPS) is 10.4. The molecule has 0 saturated carbocycles. The average Bonchev–Trinajstić information content (AvgIpc) is 2.80. The minimum Gasteiger partial charge on any atom is -0.484 e. The van der Waals surface area contributed by atoms with E-state index in [0.717, 1.165) is 5.69 Å². The molecule has 2 aromatic rings. The number of halogens is 1. The lowest BCUT2D eigenvalue weighted by molar-refractivity contribution is 0.283. The summed E-state index contributed by atoms with van der Waals surface area (Å²) < 4.78 is 18.9. The van der Waals surface area contributed by atoms with Gasteiger partial charge in [-0.15, -0.1) is 11.3 Å². The van der Waals surface area contributed by atoms with Crippen molar-refractivity contribution >= 4 is 11.3 Å². The fraction of sp³-hybridized carbons (Fsp3) is 0.182. The Bertz CT molecular complexity index is 459. The maximum absolute atomic E-state index is 13.5. The van der Waals surface area contributed by atoms with Crippen LogP contribution in [0.1, 0.15) is 11.3 Å². The fourth-order valence-corrected chi connectivity index (χ4v) is 1.87. The molecule has 1 aromatic carbocycles. The highest BCUT2D eigenvalue weighted by Crippen LogP contribution is 2.23. The first-order valence-electron chi connectivity index (χ1n) is 4.78. The van der Waals surface area contributed by atoms with Crippen LogP contribution in [-0.4, -0.2) is 4.98 Å². The van der Waals surface area contributed by atoms with Gasteiger partial charge in [0.15, 0.2) is 11.6 Å². The molecule has 0 aliphatic carbocycles. The minimum absolute atomic E-state index is 0.220. The van der Waals surface area contributed by atoms with Crippen molar-refractivity contribution in [1.82, 2.24) is 4.98 Å². The van der Waals surface area contributed by atoms with Crippen molar-refractivity contribution in [2.45, 2.75) is 13.2 Å². The van der Waals surface area contributed by atoms with Crippen LogP contribution in [0.5, 0.6) is 5.75 Å². The molecule has 0 aliphatic rings.